The van der Waals surface area contributed by atoms with E-state index in [1.807, 2.05) is 12.1 Å². The first kappa shape index (κ1) is 23.0. The van der Waals surface area contributed by atoms with Gasteiger partial charge in [-0.2, -0.15) is 0 Å². The first-order valence-electron chi connectivity index (χ1n) is 10.2. The van der Waals surface area contributed by atoms with Crippen LogP contribution in [0, 0.1) is 17.6 Å². The van der Waals surface area contributed by atoms with Crippen LogP contribution in [-0.4, -0.2) is 12.3 Å². The van der Waals surface area contributed by atoms with Gasteiger partial charge in [-0.15, -0.1) is 13.2 Å². The molecular weight excluding hydrogens is 419 g/mol. The Balaban J connectivity index is 1.63. The molecule has 0 aromatic heterocycles. The molecule has 0 saturated heterocycles. The minimum atomic E-state index is -5.25. The molecular formula is C23H23F5O3. The molecule has 0 unspecified atom stereocenters. The van der Waals surface area contributed by atoms with Crippen LogP contribution >= 0.6 is 0 Å². The Hall–Kier alpha value is -2.64. The molecule has 1 aliphatic carbocycles. The number of ether oxygens (including phenoxy) is 2. The van der Waals surface area contributed by atoms with Crippen molar-refractivity contribution in [2.75, 3.05) is 0 Å². The molecule has 0 bridgehead atoms. The van der Waals surface area contributed by atoms with E-state index >= 15 is 0 Å². The highest BCUT2D eigenvalue weighted by Gasteiger charge is 2.34. The number of carbonyl (C=O) groups is 1. The number of halogens is 5. The fourth-order valence-electron chi connectivity index (χ4n) is 4.06. The average Bonchev–Trinajstić information content (AvgIpc) is 2.71. The Kier molecular flexibility index (Phi) is 7.18. The molecule has 0 amide bonds. The molecule has 0 radical (unpaired) electrons. The third-order valence-electron chi connectivity index (χ3n) is 5.56. The van der Waals surface area contributed by atoms with Crippen molar-refractivity contribution >= 4 is 5.97 Å². The van der Waals surface area contributed by atoms with Crippen LogP contribution in [0.5, 0.6) is 11.5 Å². The summed E-state index contributed by atoms with van der Waals surface area (Å²) in [6.07, 6.45) is 1.76. The largest absolute Gasteiger partial charge is 0.573 e. The van der Waals surface area contributed by atoms with Gasteiger partial charge in [0.15, 0.2) is 11.6 Å². The molecule has 8 heteroatoms. The van der Waals surface area contributed by atoms with Crippen molar-refractivity contribution in [3.63, 3.8) is 0 Å². The topological polar surface area (TPSA) is 35.5 Å². The lowest BCUT2D eigenvalue weighted by atomic mass is 9.77. The maximum absolute atomic E-state index is 13.8. The Morgan fingerprint density at radius 3 is 2.10 bits per heavy atom. The minimum absolute atomic E-state index is 0.167. The third-order valence-corrected chi connectivity index (χ3v) is 5.56. The quantitative estimate of drug-likeness (QED) is 0.271. The molecule has 0 aliphatic heterocycles. The van der Waals surface area contributed by atoms with E-state index in [0.29, 0.717) is 18.1 Å². The van der Waals surface area contributed by atoms with Crippen LogP contribution in [-0.2, 0) is 0 Å². The molecule has 168 valence electrons. The molecule has 0 N–H and O–H groups in total. The molecule has 0 spiro atoms. The van der Waals surface area contributed by atoms with Gasteiger partial charge in [-0.3, -0.25) is 0 Å². The number of hydrogen-bond acceptors (Lipinski definition) is 3. The zero-order valence-electron chi connectivity index (χ0n) is 17.0. The summed E-state index contributed by atoms with van der Waals surface area (Å²) in [5.41, 5.74) is 1.29. The minimum Gasteiger partial charge on any atom is -0.423 e. The summed E-state index contributed by atoms with van der Waals surface area (Å²) in [5, 5.41) is 0. The third kappa shape index (κ3) is 6.18. The van der Waals surface area contributed by atoms with E-state index in [1.165, 1.54) is 25.7 Å². The van der Waals surface area contributed by atoms with E-state index in [1.54, 1.807) is 12.1 Å². The van der Waals surface area contributed by atoms with Gasteiger partial charge in [-0.25, -0.2) is 13.6 Å². The highest BCUT2D eigenvalue weighted by Crippen LogP contribution is 2.37. The number of esters is 1. The fraction of sp³-hybridized carbons (Fsp3) is 0.435. The average molecular weight is 442 g/mol. The summed E-state index contributed by atoms with van der Waals surface area (Å²) in [7, 11) is 0. The van der Waals surface area contributed by atoms with Crippen LogP contribution in [0.1, 0.15) is 67.3 Å². The predicted octanol–water partition coefficient (Wildman–Crippen LogP) is 7.16. The van der Waals surface area contributed by atoms with Gasteiger partial charge >= 0.3 is 12.3 Å². The second-order valence-corrected chi connectivity index (χ2v) is 7.78. The number of hydrogen-bond donors (Lipinski definition) is 0. The van der Waals surface area contributed by atoms with Crippen LogP contribution < -0.4 is 9.47 Å². The molecule has 1 fully saturated rings. The summed E-state index contributed by atoms with van der Waals surface area (Å²) in [4.78, 5) is 12.3. The zero-order valence-corrected chi connectivity index (χ0v) is 17.0. The summed E-state index contributed by atoms with van der Waals surface area (Å²) >= 11 is 0. The Morgan fingerprint density at radius 2 is 1.58 bits per heavy atom. The highest BCUT2D eigenvalue weighted by molar-refractivity contribution is 5.91. The van der Waals surface area contributed by atoms with E-state index in [4.69, 9.17) is 4.74 Å². The van der Waals surface area contributed by atoms with Crippen molar-refractivity contribution in [3.8, 4) is 11.5 Å². The Morgan fingerprint density at radius 1 is 1.00 bits per heavy atom. The van der Waals surface area contributed by atoms with Gasteiger partial charge in [0.05, 0.1) is 5.56 Å². The van der Waals surface area contributed by atoms with Crippen molar-refractivity contribution in [3.05, 3.63) is 59.2 Å². The summed E-state index contributed by atoms with van der Waals surface area (Å²) < 4.78 is 72.4. The van der Waals surface area contributed by atoms with Crippen LogP contribution in [0.4, 0.5) is 22.0 Å². The zero-order chi connectivity index (χ0) is 22.6. The van der Waals surface area contributed by atoms with Crippen LogP contribution in [0.25, 0.3) is 0 Å². The van der Waals surface area contributed by atoms with E-state index in [0.717, 1.165) is 24.3 Å². The molecule has 1 aliphatic rings. The molecule has 31 heavy (non-hydrogen) atoms. The number of rotatable bonds is 6. The van der Waals surface area contributed by atoms with Crippen molar-refractivity contribution in [1.29, 1.82) is 0 Å². The van der Waals surface area contributed by atoms with Crippen LogP contribution in [0.2, 0.25) is 0 Å². The smallest absolute Gasteiger partial charge is 0.423 e. The Bertz CT molecular complexity index is 877. The first-order chi connectivity index (χ1) is 14.7. The van der Waals surface area contributed by atoms with Gasteiger partial charge in [0, 0.05) is 12.1 Å². The standard InChI is InChI=1S/C23H23F5O3/c1-2-3-14-4-6-15(7-5-14)16-8-10-17(11-9-16)22(29)30-18-12-19(24)21(20(25)13-18)31-23(26,27)28/h8-15H,2-7H2,1H3. The SMILES string of the molecule is CCCC1CCC(c2ccc(C(=O)Oc3cc(F)c(OC(F)(F)F)c(F)c3)cc2)CC1. The van der Waals surface area contributed by atoms with Crippen LogP contribution in [0.15, 0.2) is 36.4 Å². The molecule has 1 saturated carbocycles. The molecule has 0 heterocycles. The van der Waals surface area contributed by atoms with E-state index in [9.17, 15) is 26.7 Å². The molecule has 0 atom stereocenters. The van der Waals surface area contributed by atoms with Gasteiger partial charge in [0.25, 0.3) is 0 Å². The van der Waals surface area contributed by atoms with Crippen LogP contribution in [0.3, 0.4) is 0 Å². The van der Waals surface area contributed by atoms with Gasteiger partial charge in [-0.1, -0.05) is 31.9 Å². The van der Waals surface area contributed by atoms with E-state index in [-0.39, 0.29) is 5.56 Å². The molecule has 2 aromatic rings. The summed E-state index contributed by atoms with van der Waals surface area (Å²) in [5.74, 6) is -5.09. The maximum atomic E-state index is 13.8. The molecule has 2 aromatic carbocycles. The van der Waals surface area contributed by atoms with E-state index < -0.39 is 35.5 Å². The lowest BCUT2D eigenvalue weighted by Crippen LogP contribution is -2.19. The van der Waals surface area contributed by atoms with Crippen molar-refractivity contribution in [2.24, 2.45) is 5.92 Å². The highest BCUT2D eigenvalue weighted by atomic mass is 19.4. The summed E-state index contributed by atoms with van der Waals surface area (Å²) in [6, 6.07) is 7.75. The number of alkyl halides is 3. The second-order valence-electron chi connectivity index (χ2n) is 7.78. The van der Waals surface area contributed by atoms with Crippen molar-refractivity contribution < 1.29 is 36.2 Å². The van der Waals surface area contributed by atoms with Crippen molar-refractivity contribution in [2.45, 2.75) is 57.7 Å². The fourth-order valence-corrected chi connectivity index (χ4v) is 4.06. The summed E-state index contributed by atoms with van der Waals surface area (Å²) in [6.45, 7) is 2.19. The number of benzene rings is 2. The van der Waals surface area contributed by atoms with Crippen molar-refractivity contribution in [1.82, 2.24) is 0 Å². The monoisotopic (exact) mass is 442 g/mol. The molecule has 3 nitrogen and oxygen atoms in total. The maximum Gasteiger partial charge on any atom is 0.573 e. The lowest BCUT2D eigenvalue weighted by Gasteiger charge is -2.28. The number of carbonyl (C=O) groups excluding carboxylic acids is 1. The van der Waals surface area contributed by atoms with Gasteiger partial charge in [-0.05, 0) is 55.2 Å². The normalized spacial score (nSPS) is 19.2. The lowest BCUT2D eigenvalue weighted by molar-refractivity contribution is -0.276. The first-order valence-corrected chi connectivity index (χ1v) is 10.2. The van der Waals surface area contributed by atoms with E-state index in [2.05, 4.69) is 11.7 Å². The second kappa shape index (κ2) is 9.66. The van der Waals surface area contributed by atoms with Gasteiger partial charge in [0.2, 0.25) is 5.75 Å². The Labute approximate surface area is 177 Å². The predicted molar refractivity (Wildman–Crippen MR) is 104 cm³/mol. The van der Waals surface area contributed by atoms with Gasteiger partial charge < -0.3 is 9.47 Å². The molecule has 3 rings (SSSR count). The van der Waals surface area contributed by atoms with Gasteiger partial charge in [0.1, 0.15) is 5.75 Å².